The van der Waals surface area contributed by atoms with Crippen molar-refractivity contribution in [3.8, 4) is 0 Å². The fourth-order valence-corrected chi connectivity index (χ4v) is 2.70. The van der Waals surface area contributed by atoms with Gasteiger partial charge >= 0.3 is 59.1 Å². The van der Waals surface area contributed by atoms with E-state index in [1.54, 1.807) is 24.3 Å². The van der Waals surface area contributed by atoms with Crippen LogP contribution in [0.25, 0.3) is 11.1 Å². The van der Waals surface area contributed by atoms with E-state index < -0.39 is 17.4 Å². The van der Waals surface area contributed by atoms with Gasteiger partial charge in [0.2, 0.25) is 0 Å². The molecule has 0 radical (unpaired) electrons. The van der Waals surface area contributed by atoms with Crippen LogP contribution in [-0.4, -0.2) is 11.9 Å². The minimum absolute atomic E-state index is 0. The predicted octanol–water partition coefficient (Wildman–Crippen LogP) is -8.54. The molecule has 1 aromatic carbocycles. The maximum Gasteiger partial charge on any atom is 1.00 e. The van der Waals surface area contributed by atoms with E-state index in [4.69, 9.17) is 0 Å². The Balaban J connectivity index is 0.000001000. The molecule has 0 spiro atoms. The van der Waals surface area contributed by atoms with Crippen molar-refractivity contribution in [2.24, 2.45) is 5.41 Å². The van der Waals surface area contributed by atoms with Crippen molar-refractivity contribution < 1.29 is 78.9 Å². The van der Waals surface area contributed by atoms with Gasteiger partial charge in [0, 0.05) is 0 Å². The molecule has 90 valence electrons. The van der Waals surface area contributed by atoms with E-state index >= 15 is 0 Å². The normalized spacial score (nSPS) is 16.8. The Kier molecular flexibility index (Phi) is 5.46. The van der Waals surface area contributed by atoms with Gasteiger partial charge in [-0.2, -0.15) is 0 Å². The Bertz CT molecular complexity index is 720. The van der Waals surface area contributed by atoms with Crippen molar-refractivity contribution in [2.45, 2.75) is 6.42 Å². The summed E-state index contributed by atoms with van der Waals surface area (Å²) in [5.74, 6) is -3.23. The maximum atomic E-state index is 11.3. The topological polar surface area (TPSA) is 80.3 Å². The molecule has 0 N–H and O–H groups in total. The van der Waals surface area contributed by atoms with Crippen LogP contribution in [0.1, 0.15) is 6.42 Å². The number of benzene rings is 1. The van der Waals surface area contributed by atoms with E-state index in [0.29, 0.717) is 16.4 Å². The van der Waals surface area contributed by atoms with Crippen LogP contribution >= 0.6 is 0 Å². The van der Waals surface area contributed by atoms with Crippen LogP contribution in [0.4, 0.5) is 0 Å². The molecule has 2 aliphatic rings. The second-order valence-electron chi connectivity index (χ2n) is 4.42. The zero-order valence-electron chi connectivity index (χ0n) is 11.3. The van der Waals surface area contributed by atoms with Gasteiger partial charge in [0.25, 0.3) is 0 Å². The molecule has 6 heteroatoms. The monoisotopic (exact) mass is 286 g/mol. The molecule has 4 nitrogen and oxygen atoms in total. The summed E-state index contributed by atoms with van der Waals surface area (Å²) in [6.45, 7) is 0. The number of carbonyl (C=O) groups is 2. The molecule has 0 aliphatic heterocycles. The van der Waals surface area contributed by atoms with Gasteiger partial charge in [-0.25, -0.2) is 0 Å². The Morgan fingerprint density at radius 3 is 2.10 bits per heavy atom. The first-order valence-corrected chi connectivity index (χ1v) is 5.53. The molecule has 1 aromatic rings. The second kappa shape index (κ2) is 6.18. The van der Waals surface area contributed by atoms with Gasteiger partial charge in [0.15, 0.2) is 0 Å². The Morgan fingerprint density at radius 1 is 1.00 bits per heavy atom. The summed E-state index contributed by atoms with van der Waals surface area (Å²) >= 11 is 0. The van der Waals surface area contributed by atoms with Gasteiger partial charge in [-0.15, -0.1) is 0 Å². The quantitative estimate of drug-likeness (QED) is 0.399. The predicted molar refractivity (Wildman–Crippen MR) is 58.7 cm³/mol. The van der Waals surface area contributed by atoms with E-state index in [2.05, 4.69) is 0 Å². The van der Waals surface area contributed by atoms with Crippen LogP contribution in [0.2, 0.25) is 0 Å². The number of carboxylic acid groups (broad SMARTS) is 2. The standard InChI is InChI=1S/C14H10O4.2Na/c15-12(16)14(13(17)18)7-3-6-10-8-4-1-2-5-9(8)11(10)14;;/h1-6H,7H2,(H,15,16)(H,17,18);;/q;2*+1/p-2. The minimum Gasteiger partial charge on any atom is -0.549 e. The molecule has 0 amide bonds. The molecular formula is C14H8Na2O4. The molecule has 0 saturated heterocycles. The molecule has 0 fully saturated rings. The molecular weight excluding hydrogens is 278 g/mol. The summed E-state index contributed by atoms with van der Waals surface area (Å²) in [4.78, 5) is 22.6. The van der Waals surface area contributed by atoms with Crippen molar-refractivity contribution in [1.82, 2.24) is 0 Å². The first-order valence-electron chi connectivity index (χ1n) is 5.53. The number of aliphatic carboxylic acids is 2. The van der Waals surface area contributed by atoms with Crippen LogP contribution in [0.3, 0.4) is 0 Å². The van der Waals surface area contributed by atoms with Crippen molar-refractivity contribution in [3.05, 3.63) is 46.9 Å². The summed E-state index contributed by atoms with van der Waals surface area (Å²) in [5, 5.41) is 24.2. The number of allylic oxidation sites excluding steroid dienone is 2. The van der Waals surface area contributed by atoms with Gasteiger partial charge in [0.1, 0.15) is 0 Å². The van der Waals surface area contributed by atoms with E-state index in [-0.39, 0.29) is 65.5 Å². The first kappa shape index (κ1) is 17.7. The Hall–Kier alpha value is -0.360. The molecule has 0 heterocycles. The summed E-state index contributed by atoms with van der Waals surface area (Å²) < 4.78 is 0. The molecule has 0 aromatic heterocycles. The van der Waals surface area contributed by atoms with Crippen LogP contribution in [0.5, 0.6) is 0 Å². The average molecular weight is 286 g/mol. The second-order valence-corrected chi connectivity index (χ2v) is 4.42. The fraction of sp³-hybridized carbons (Fsp3) is 0.143. The molecule has 3 rings (SSSR count). The molecule has 0 saturated carbocycles. The summed E-state index contributed by atoms with van der Waals surface area (Å²) in [6.07, 6.45) is 3.16. The minimum atomic E-state index is -2.06. The smallest absolute Gasteiger partial charge is 0.549 e. The Morgan fingerprint density at radius 2 is 1.55 bits per heavy atom. The average Bonchev–Trinajstić information content (AvgIpc) is 2.34. The SMILES string of the molecule is O=C([O-])C1(C(=O)[O-])CC=CC2=c3ccccc3=C21.[Na+].[Na+]. The fourth-order valence-electron chi connectivity index (χ4n) is 2.70. The zero-order chi connectivity index (χ0) is 12.9. The van der Waals surface area contributed by atoms with Crippen molar-refractivity contribution in [1.29, 1.82) is 0 Å². The van der Waals surface area contributed by atoms with Gasteiger partial charge in [0.05, 0.1) is 17.4 Å². The molecule has 0 unspecified atom stereocenters. The van der Waals surface area contributed by atoms with E-state index in [1.165, 1.54) is 0 Å². The third kappa shape index (κ3) is 2.15. The Labute approximate surface area is 159 Å². The summed E-state index contributed by atoms with van der Waals surface area (Å²) in [5.41, 5.74) is -1.09. The van der Waals surface area contributed by atoms with Gasteiger partial charge in [-0.05, 0) is 28.0 Å². The van der Waals surface area contributed by atoms with Gasteiger partial charge in [-0.1, -0.05) is 36.4 Å². The zero-order valence-corrected chi connectivity index (χ0v) is 15.3. The third-order valence-electron chi connectivity index (χ3n) is 3.59. The van der Waals surface area contributed by atoms with Crippen molar-refractivity contribution in [2.75, 3.05) is 0 Å². The number of carboxylic acids is 2. The van der Waals surface area contributed by atoms with Crippen LogP contribution in [0.15, 0.2) is 36.4 Å². The van der Waals surface area contributed by atoms with Crippen molar-refractivity contribution >= 4 is 23.1 Å². The number of hydrogen-bond donors (Lipinski definition) is 0. The number of rotatable bonds is 2. The van der Waals surface area contributed by atoms with Crippen molar-refractivity contribution in [3.63, 3.8) is 0 Å². The molecule has 0 bridgehead atoms. The van der Waals surface area contributed by atoms with E-state index in [0.717, 1.165) is 5.22 Å². The molecule has 0 atom stereocenters. The first-order chi connectivity index (χ1) is 8.59. The number of carbonyl (C=O) groups excluding carboxylic acids is 2. The number of fused-ring (bicyclic) bond motifs is 2. The molecule has 2 aliphatic carbocycles. The van der Waals surface area contributed by atoms with Gasteiger partial charge in [-0.3, -0.25) is 0 Å². The number of hydrogen-bond acceptors (Lipinski definition) is 4. The van der Waals surface area contributed by atoms with E-state index in [1.807, 2.05) is 12.1 Å². The van der Waals surface area contributed by atoms with E-state index in [9.17, 15) is 19.8 Å². The van der Waals surface area contributed by atoms with Crippen LogP contribution < -0.4 is 79.8 Å². The van der Waals surface area contributed by atoms with Crippen LogP contribution in [-0.2, 0) is 9.59 Å². The summed E-state index contributed by atoms with van der Waals surface area (Å²) in [6, 6.07) is 7.12. The maximum absolute atomic E-state index is 11.3. The summed E-state index contributed by atoms with van der Waals surface area (Å²) in [7, 11) is 0. The van der Waals surface area contributed by atoms with Gasteiger partial charge < -0.3 is 19.8 Å². The largest absolute Gasteiger partial charge is 1.00 e. The third-order valence-corrected chi connectivity index (χ3v) is 3.59. The molecule has 20 heavy (non-hydrogen) atoms. The van der Waals surface area contributed by atoms with Crippen LogP contribution in [0, 0.1) is 5.41 Å².